The van der Waals surface area contributed by atoms with Gasteiger partial charge in [-0.05, 0) is 55.8 Å². The molecule has 1 aliphatic rings. The lowest BCUT2D eigenvalue weighted by Gasteiger charge is -2.31. The van der Waals surface area contributed by atoms with Crippen LogP contribution in [0.1, 0.15) is 28.8 Å². The molecule has 1 saturated heterocycles. The number of benzene rings is 2. The number of likely N-dealkylation sites (N-methyl/N-ethyl adjacent to an activating group) is 1. The standard InChI is InChI=1S/C23H29ClN2O4/c1-26(19-8-11-29-12-9-19)10-13-30-20-5-3-4-17(14-20)16-25-23(27)21-15-18(24)6-7-22(21)28-2/h3-7,14-15,19H,8-13,16H2,1-2H3,(H,25,27). The molecular formula is C23H29ClN2O4. The second kappa shape index (κ2) is 11.2. The lowest BCUT2D eigenvalue weighted by molar-refractivity contribution is 0.0392. The first-order valence-electron chi connectivity index (χ1n) is 10.2. The van der Waals surface area contributed by atoms with Crippen molar-refractivity contribution in [3.63, 3.8) is 0 Å². The van der Waals surface area contributed by atoms with E-state index in [-0.39, 0.29) is 5.91 Å². The molecule has 0 atom stereocenters. The molecule has 1 heterocycles. The monoisotopic (exact) mass is 432 g/mol. The van der Waals surface area contributed by atoms with Gasteiger partial charge in [-0.15, -0.1) is 0 Å². The number of nitrogens with zero attached hydrogens (tertiary/aromatic N) is 1. The number of carbonyl (C=O) groups excluding carboxylic acids is 1. The van der Waals surface area contributed by atoms with Crippen LogP contribution in [0.3, 0.4) is 0 Å². The molecule has 3 rings (SSSR count). The van der Waals surface area contributed by atoms with Crippen molar-refractivity contribution in [3.05, 3.63) is 58.6 Å². The van der Waals surface area contributed by atoms with Gasteiger partial charge in [-0.3, -0.25) is 9.69 Å². The van der Waals surface area contributed by atoms with E-state index < -0.39 is 0 Å². The van der Waals surface area contributed by atoms with Gasteiger partial charge >= 0.3 is 0 Å². The van der Waals surface area contributed by atoms with Gasteiger partial charge in [0.1, 0.15) is 18.1 Å². The Kier molecular flexibility index (Phi) is 8.37. The van der Waals surface area contributed by atoms with E-state index in [9.17, 15) is 4.79 Å². The molecule has 7 heteroatoms. The lowest BCUT2D eigenvalue weighted by atomic mass is 10.1. The number of amides is 1. The van der Waals surface area contributed by atoms with E-state index in [0.29, 0.717) is 35.5 Å². The summed E-state index contributed by atoms with van der Waals surface area (Å²) < 4.78 is 16.6. The summed E-state index contributed by atoms with van der Waals surface area (Å²) in [4.78, 5) is 14.9. The number of hydrogen-bond acceptors (Lipinski definition) is 5. The van der Waals surface area contributed by atoms with Crippen molar-refractivity contribution < 1.29 is 19.0 Å². The van der Waals surface area contributed by atoms with Crippen LogP contribution in [0, 0.1) is 0 Å². The van der Waals surface area contributed by atoms with Crippen molar-refractivity contribution in [2.45, 2.75) is 25.4 Å². The summed E-state index contributed by atoms with van der Waals surface area (Å²) in [5.74, 6) is 1.05. The Bertz CT molecular complexity index is 840. The number of rotatable bonds is 9. The van der Waals surface area contributed by atoms with Gasteiger partial charge in [-0.25, -0.2) is 0 Å². The third-order valence-corrected chi connectivity index (χ3v) is 5.52. The minimum Gasteiger partial charge on any atom is -0.496 e. The zero-order valence-electron chi connectivity index (χ0n) is 17.5. The lowest BCUT2D eigenvalue weighted by Crippen LogP contribution is -2.38. The van der Waals surface area contributed by atoms with E-state index >= 15 is 0 Å². The Morgan fingerprint density at radius 1 is 1.23 bits per heavy atom. The van der Waals surface area contributed by atoms with E-state index in [4.69, 9.17) is 25.8 Å². The van der Waals surface area contributed by atoms with Gasteiger partial charge < -0.3 is 19.5 Å². The number of methoxy groups -OCH3 is 1. The van der Waals surface area contributed by atoms with Gasteiger partial charge in [-0.1, -0.05) is 23.7 Å². The van der Waals surface area contributed by atoms with Crippen LogP contribution in [0.25, 0.3) is 0 Å². The third kappa shape index (κ3) is 6.36. The van der Waals surface area contributed by atoms with E-state index in [1.165, 1.54) is 7.11 Å². The summed E-state index contributed by atoms with van der Waals surface area (Å²) >= 11 is 6.01. The molecule has 1 amide bonds. The van der Waals surface area contributed by atoms with Crippen molar-refractivity contribution in [2.24, 2.45) is 0 Å². The Morgan fingerprint density at radius 3 is 2.80 bits per heavy atom. The molecule has 2 aromatic rings. The highest BCUT2D eigenvalue weighted by Crippen LogP contribution is 2.23. The maximum absolute atomic E-state index is 12.5. The number of hydrogen-bond donors (Lipinski definition) is 1. The van der Waals surface area contributed by atoms with E-state index in [2.05, 4.69) is 17.3 Å². The van der Waals surface area contributed by atoms with E-state index in [1.54, 1.807) is 18.2 Å². The highest BCUT2D eigenvalue weighted by atomic mass is 35.5. The van der Waals surface area contributed by atoms with E-state index in [0.717, 1.165) is 43.9 Å². The predicted octanol–water partition coefficient (Wildman–Crippen LogP) is 3.77. The van der Waals surface area contributed by atoms with Gasteiger partial charge in [-0.2, -0.15) is 0 Å². The summed E-state index contributed by atoms with van der Waals surface area (Å²) in [7, 11) is 3.66. The highest BCUT2D eigenvalue weighted by Gasteiger charge is 2.18. The molecule has 30 heavy (non-hydrogen) atoms. The normalized spacial score (nSPS) is 14.5. The smallest absolute Gasteiger partial charge is 0.255 e. The first-order chi connectivity index (χ1) is 14.6. The van der Waals surface area contributed by atoms with Gasteiger partial charge in [0.25, 0.3) is 5.91 Å². The molecule has 6 nitrogen and oxygen atoms in total. The van der Waals surface area contributed by atoms with E-state index in [1.807, 2.05) is 24.3 Å². The van der Waals surface area contributed by atoms with Gasteiger partial charge in [0, 0.05) is 37.4 Å². The van der Waals surface area contributed by atoms with Crippen molar-refractivity contribution in [3.8, 4) is 11.5 Å². The number of carbonyl (C=O) groups is 1. The average molecular weight is 433 g/mol. The van der Waals surface area contributed by atoms with Crippen LogP contribution in [-0.2, 0) is 11.3 Å². The molecule has 0 bridgehead atoms. The fourth-order valence-electron chi connectivity index (χ4n) is 3.50. The molecule has 0 saturated carbocycles. The van der Waals surface area contributed by atoms with Gasteiger partial charge in [0.15, 0.2) is 0 Å². The Balaban J connectivity index is 1.49. The first-order valence-corrected chi connectivity index (χ1v) is 10.6. The molecule has 1 fully saturated rings. The highest BCUT2D eigenvalue weighted by molar-refractivity contribution is 6.31. The quantitative estimate of drug-likeness (QED) is 0.653. The number of ether oxygens (including phenoxy) is 3. The van der Waals surface area contributed by atoms with Crippen molar-refractivity contribution in [2.75, 3.05) is 40.5 Å². The maximum Gasteiger partial charge on any atom is 0.255 e. The topological polar surface area (TPSA) is 60.0 Å². The fraction of sp³-hybridized carbons (Fsp3) is 0.435. The predicted molar refractivity (Wildman–Crippen MR) is 118 cm³/mol. The molecule has 162 valence electrons. The molecule has 0 aliphatic carbocycles. The minimum absolute atomic E-state index is 0.237. The molecule has 2 aromatic carbocycles. The Hall–Kier alpha value is -2.28. The SMILES string of the molecule is COc1ccc(Cl)cc1C(=O)NCc1cccc(OCCN(C)C2CCOCC2)c1. The van der Waals surface area contributed by atoms with Gasteiger partial charge in [0.2, 0.25) is 0 Å². The van der Waals surface area contributed by atoms with Crippen LogP contribution < -0.4 is 14.8 Å². The van der Waals surface area contributed by atoms with Crippen LogP contribution in [-0.4, -0.2) is 57.4 Å². The zero-order valence-corrected chi connectivity index (χ0v) is 18.3. The van der Waals surface area contributed by atoms with Crippen LogP contribution in [0.4, 0.5) is 0 Å². The fourth-order valence-corrected chi connectivity index (χ4v) is 3.67. The largest absolute Gasteiger partial charge is 0.496 e. The molecular weight excluding hydrogens is 404 g/mol. The Morgan fingerprint density at radius 2 is 2.03 bits per heavy atom. The molecule has 0 spiro atoms. The molecule has 0 radical (unpaired) electrons. The average Bonchev–Trinajstić information content (AvgIpc) is 2.78. The van der Waals surface area contributed by atoms with Crippen molar-refractivity contribution in [1.29, 1.82) is 0 Å². The van der Waals surface area contributed by atoms with Crippen LogP contribution in [0.15, 0.2) is 42.5 Å². The van der Waals surface area contributed by atoms with Gasteiger partial charge in [0.05, 0.1) is 12.7 Å². The molecule has 1 aliphatic heterocycles. The number of nitrogens with one attached hydrogen (secondary N) is 1. The number of halogens is 1. The van der Waals surface area contributed by atoms with Crippen LogP contribution in [0.2, 0.25) is 5.02 Å². The summed E-state index contributed by atoms with van der Waals surface area (Å²) in [6.45, 7) is 3.53. The Labute approximate surface area is 183 Å². The summed E-state index contributed by atoms with van der Waals surface area (Å²) in [5.41, 5.74) is 1.37. The second-order valence-corrected chi connectivity index (χ2v) is 7.78. The molecule has 0 aromatic heterocycles. The van der Waals surface area contributed by atoms with Crippen molar-refractivity contribution in [1.82, 2.24) is 10.2 Å². The molecule has 1 N–H and O–H groups in total. The molecule has 0 unspecified atom stereocenters. The maximum atomic E-state index is 12.5. The third-order valence-electron chi connectivity index (χ3n) is 5.28. The van der Waals surface area contributed by atoms with Crippen LogP contribution >= 0.6 is 11.6 Å². The van der Waals surface area contributed by atoms with Crippen LogP contribution in [0.5, 0.6) is 11.5 Å². The summed E-state index contributed by atoms with van der Waals surface area (Å²) in [5, 5.41) is 3.40. The van der Waals surface area contributed by atoms with Crippen molar-refractivity contribution >= 4 is 17.5 Å². The zero-order chi connectivity index (χ0) is 21.3. The first kappa shape index (κ1) is 22.4. The second-order valence-electron chi connectivity index (χ2n) is 7.35. The summed E-state index contributed by atoms with van der Waals surface area (Å²) in [6, 6.07) is 13.3. The summed E-state index contributed by atoms with van der Waals surface area (Å²) in [6.07, 6.45) is 2.15. The minimum atomic E-state index is -0.237.